The Kier molecular flexibility index (Phi) is 3.58. The van der Waals surface area contributed by atoms with Gasteiger partial charge in [0, 0.05) is 38.4 Å². The fourth-order valence-electron chi connectivity index (χ4n) is 4.71. The molecule has 3 heterocycles. The molecule has 4 aromatic rings. The summed E-state index contributed by atoms with van der Waals surface area (Å²) in [6, 6.07) is 10.9. The Hall–Kier alpha value is -3.32. The first-order valence-corrected chi connectivity index (χ1v) is 9.89. The van der Waals surface area contributed by atoms with E-state index in [-0.39, 0.29) is 0 Å². The lowest BCUT2D eigenvalue weighted by molar-refractivity contribution is -0.659. The normalized spacial score (nSPS) is 13.0. The van der Waals surface area contributed by atoms with Crippen molar-refractivity contribution in [2.75, 3.05) is 11.9 Å². The molecule has 5 rings (SSSR count). The summed E-state index contributed by atoms with van der Waals surface area (Å²) in [6.07, 6.45) is 4.63. The van der Waals surface area contributed by atoms with E-state index in [1.54, 1.807) is 6.26 Å². The van der Waals surface area contributed by atoms with Crippen molar-refractivity contribution in [1.29, 1.82) is 0 Å². The molecule has 144 valence electrons. The van der Waals surface area contributed by atoms with Crippen LogP contribution in [0.4, 0.5) is 11.4 Å². The Balaban J connectivity index is 1.87. The van der Waals surface area contributed by atoms with Gasteiger partial charge in [-0.2, -0.15) is 0 Å². The first-order valence-electron chi connectivity index (χ1n) is 9.89. The van der Waals surface area contributed by atoms with Crippen molar-refractivity contribution in [1.82, 2.24) is 0 Å². The van der Waals surface area contributed by atoms with Crippen molar-refractivity contribution >= 4 is 33.1 Å². The highest BCUT2D eigenvalue weighted by atomic mass is 16.3. The first kappa shape index (κ1) is 17.8. The van der Waals surface area contributed by atoms with Crippen molar-refractivity contribution in [3.63, 3.8) is 0 Å². The molecule has 1 aliphatic heterocycles. The molecule has 0 N–H and O–H groups in total. The molecular weight excluding hydrogens is 358 g/mol. The highest BCUT2D eigenvalue weighted by molar-refractivity contribution is 6.12. The topological polar surface area (TPSA) is 24.6 Å². The van der Waals surface area contributed by atoms with Gasteiger partial charge in [-0.05, 0) is 35.6 Å². The number of fused-ring (bicyclic) bond motifs is 3. The summed E-state index contributed by atoms with van der Waals surface area (Å²) < 4.78 is 7.96. The van der Waals surface area contributed by atoms with E-state index in [0.717, 1.165) is 23.1 Å². The molecule has 0 aliphatic carbocycles. The van der Waals surface area contributed by atoms with Crippen molar-refractivity contribution < 1.29 is 8.98 Å². The molecule has 0 unspecified atom stereocenters. The van der Waals surface area contributed by atoms with Crippen LogP contribution in [0.25, 0.3) is 37.8 Å². The average Bonchev–Trinajstić information content (AvgIpc) is 3.16. The lowest BCUT2D eigenvalue weighted by atomic mass is 9.88. The van der Waals surface area contributed by atoms with E-state index in [4.69, 9.17) is 11.0 Å². The summed E-state index contributed by atoms with van der Waals surface area (Å²) >= 11 is 0. The van der Waals surface area contributed by atoms with Crippen LogP contribution in [0.15, 0.2) is 47.2 Å². The molecule has 1 aliphatic rings. The summed E-state index contributed by atoms with van der Waals surface area (Å²) in [5.74, 6) is 0. The van der Waals surface area contributed by atoms with Gasteiger partial charge in [0.05, 0.1) is 35.0 Å². The summed E-state index contributed by atoms with van der Waals surface area (Å²) in [5, 5.41) is 3.64. The monoisotopic (exact) mass is 382 g/mol. The van der Waals surface area contributed by atoms with E-state index in [1.165, 1.54) is 38.8 Å². The van der Waals surface area contributed by atoms with Crippen LogP contribution >= 0.6 is 0 Å². The fourth-order valence-corrected chi connectivity index (χ4v) is 4.71. The Morgan fingerprint density at radius 3 is 2.72 bits per heavy atom. The molecular formula is C25H24N3O+. The Labute approximate surface area is 170 Å². The van der Waals surface area contributed by atoms with Crippen LogP contribution in [-0.2, 0) is 13.5 Å². The zero-order valence-corrected chi connectivity index (χ0v) is 17.5. The van der Waals surface area contributed by atoms with Gasteiger partial charge in [0.25, 0.3) is 0 Å². The third-order valence-electron chi connectivity index (χ3n) is 6.17. The third-order valence-corrected chi connectivity index (χ3v) is 6.17. The standard InChI is InChI=1S/C25H24N3O/c1-15-18-8-10-29-21(18)13-20-22(15)24-23-17(7-9-27(24)5)11-16(12-19(23)28(20)6)14-25(2,3)26-4/h7-13H,14H2,1-3,5-6H3/q+1. The Bertz CT molecular complexity index is 1350. The quantitative estimate of drug-likeness (QED) is 0.328. The molecule has 4 heteroatoms. The van der Waals surface area contributed by atoms with Gasteiger partial charge in [-0.15, -0.1) is 0 Å². The number of pyridine rings is 1. The summed E-state index contributed by atoms with van der Waals surface area (Å²) in [4.78, 5) is 6.08. The highest BCUT2D eigenvalue weighted by Crippen LogP contribution is 2.49. The van der Waals surface area contributed by atoms with Crippen LogP contribution in [0.3, 0.4) is 0 Å². The number of aromatic nitrogens is 1. The molecule has 4 nitrogen and oxygen atoms in total. The van der Waals surface area contributed by atoms with Crippen molar-refractivity contribution in [2.45, 2.75) is 32.7 Å². The number of furan rings is 1. The van der Waals surface area contributed by atoms with E-state index in [2.05, 4.69) is 71.9 Å². The maximum absolute atomic E-state index is 7.51. The predicted octanol–water partition coefficient (Wildman–Crippen LogP) is 5.71. The lowest BCUT2D eigenvalue weighted by Crippen LogP contribution is -2.33. The number of aryl methyl sites for hydroxylation is 2. The van der Waals surface area contributed by atoms with Gasteiger partial charge in [0.2, 0.25) is 11.2 Å². The van der Waals surface area contributed by atoms with Gasteiger partial charge in [-0.25, -0.2) is 11.1 Å². The van der Waals surface area contributed by atoms with Crippen LogP contribution in [-0.4, -0.2) is 12.6 Å². The SMILES string of the molecule is [C-]#[N+]C(C)(C)Cc1cc2c3c([n+](C)ccc3c1)-c1c(cc3occc3c1C)N2C. The number of hydrogen-bond donors (Lipinski definition) is 0. The zero-order valence-electron chi connectivity index (χ0n) is 17.5. The number of anilines is 2. The third kappa shape index (κ3) is 2.47. The van der Waals surface area contributed by atoms with Gasteiger partial charge in [0.1, 0.15) is 12.6 Å². The van der Waals surface area contributed by atoms with Crippen LogP contribution in [0.1, 0.15) is 25.0 Å². The van der Waals surface area contributed by atoms with Gasteiger partial charge < -0.3 is 14.2 Å². The second kappa shape index (κ2) is 5.84. The molecule has 2 aromatic carbocycles. The van der Waals surface area contributed by atoms with Gasteiger partial charge >= 0.3 is 0 Å². The molecule has 0 spiro atoms. The van der Waals surface area contributed by atoms with E-state index in [1.807, 2.05) is 13.8 Å². The molecule has 0 saturated heterocycles. The maximum Gasteiger partial charge on any atom is 0.231 e. The Morgan fingerprint density at radius 2 is 1.97 bits per heavy atom. The summed E-state index contributed by atoms with van der Waals surface area (Å²) in [6.45, 7) is 13.7. The van der Waals surface area contributed by atoms with Crippen LogP contribution in [0.2, 0.25) is 0 Å². The minimum atomic E-state index is -0.412. The molecule has 0 bridgehead atoms. The highest BCUT2D eigenvalue weighted by Gasteiger charge is 2.33. The molecule has 2 aromatic heterocycles. The Morgan fingerprint density at radius 1 is 1.17 bits per heavy atom. The first-order chi connectivity index (χ1) is 13.8. The van der Waals surface area contributed by atoms with Gasteiger partial charge in [-0.3, -0.25) is 0 Å². The molecule has 0 radical (unpaired) electrons. The maximum atomic E-state index is 7.51. The van der Waals surface area contributed by atoms with Crippen molar-refractivity contribution in [2.24, 2.45) is 7.05 Å². The average molecular weight is 382 g/mol. The van der Waals surface area contributed by atoms with E-state index < -0.39 is 5.54 Å². The number of hydrogen-bond acceptors (Lipinski definition) is 2. The van der Waals surface area contributed by atoms with Gasteiger partial charge in [-0.1, -0.05) is 6.07 Å². The lowest BCUT2D eigenvalue weighted by Gasteiger charge is -2.30. The van der Waals surface area contributed by atoms with E-state index in [9.17, 15) is 0 Å². The van der Waals surface area contributed by atoms with Gasteiger partial charge in [0.15, 0.2) is 6.20 Å². The molecule has 29 heavy (non-hydrogen) atoms. The fraction of sp³-hybridized carbons (Fsp3) is 0.280. The number of benzene rings is 2. The summed E-state index contributed by atoms with van der Waals surface area (Å²) in [5.41, 5.74) is 7.77. The minimum absolute atomic E-state index is 0.412. The molecule has 0 saturated carbocycles. The smallest absolute Gasteiger partial charge is 0.231 e. The number of nitrogens with zero attached hydrogens (tertiary/aromatic N) is 3. The van der Waals surface area contributed by atoms with Crippen LogP contribution < -0.4 is 9.47 Å². The van der Waals surface area contributed by atoms with Crippen molar-refractivity contribution in [3.05, 3.63) is 65.3 Å². The van der Waals surface area contributed by atoms with Crippen LogP contribution in [0.5, 0.6) is 0 Å². The number of rotatable bonds is 2. The minimum Gasteiger partial charge on any atom is -0.464 e. The zero-order chi connectivity index (χ0) is 20.5. The predicted molar refractivity (Wildman–Crippen MR) is 118 cm³/mol. The van der Waals surface area contributed by atoms with Crippen LogP contribution in [0, 0.1) is 13.5 Å². The summed E-state index contributed by atoms with van der Waals surface area (Å²) in [7, 11) is 4.24. The van der Waals surface area contributed by atoms with Crippen molar-refractivity contribution in [3.8, 4) is 11.3 Å². The van der Waals surface area contributed by atoms with E-state index >= 15 is 0 Å². The largest absolute Gasteiger partial charge is 0.464 e. The molecule has 0 amide bonds. The molecule has 0 fully saturated rings. The van der Waals surface area contributed by atoms with E-state index in [0.29, 0.717) is 0 Å². The second-order valence-electron chi connectivity index (χ2n) is 8.74. The second-order valence-corrected chi connectivity index (χ2v) is 8.74. The molecule has 0 atom stereocenters.